The topological polar surface area (TPSA) is 125 Å². The number of hydrogen-bond donors (Lipinski definition) is 4. The molecule has 2 fully saturated rings. The maximum Gasteiger partial charge on any atom is 0.318 e. The summed E-state index contributed by atoms with van der Waals surface area (Å²) in [5.74, 6) is 0.698. The van der Waals surface area contributed by atoms with E-state index >= 15 is 0 Å². The van der Waals surface area contributed by atoms with Crippen LogP contribution in [-0.4, -0.2) is 58.9 Å². The number of urea groups is 1. The van der Waals surface area contributed by atoms with Crippen LogP contribution >= 0.6 is 0 Å². The van der Waals surface area contributed by atoms with Gasteiger partial charge < -0.3 is 20.7 Å². The Morgan fingerprint density at radius 1 is 1.36 bits per heavy atom. The van der Waals surface area contributed by atoms with Crippen molar-refractivity contribution in [2.75, 3.05) is 20.2 Å². The van der Waals surface area contributed by atoms with E-state index in [4.69, 9.17) is 10.5 Å². The molecule has 8 nitrogen and oxygen atoms in total. The summed E-state index contributed by atoms with van der Waals surface area (Å²) in [5, 5.41) is 25.3. The lowest BCUT2D eigenvalue weighted by molar-refractivity contribution is -0.151. The van der Waals surface area contributed by atoms with Crippen LogP contribution in [0.1, 0.15) is 76.5 Å². The highest BCUT2D eigenvalue weighted by molar-refractivity contribution is 5.94. The van der Waals surface area contributed by atoms with Crippen LogP contribution in [-0.2, 0) is 10.2 Å². The van der Waals surface area contributed by atoms with Crippen LogP contribution in [0.3, 0.4) is 0 Å². The molecule has 1 aliphatic heterocycles. The Morgan fingerprint density at radius 2 is 2.06 bits per heavy atom. The first-order chi connectivity index (χ1) is 15.6. The molecule has 1 heterocycles. The predicted octanol–water partition coefficient (Wildman–Crippen LogP) is 2.61. The summed E-state index contributed by atoms with van der Waals surface area (Å²) in [4.78, 5) is 26.8. The zero-order chi connectivity index (χ0) is 24.4. The van der Waals surface area contributed by atoms with Crippen molar-refractivity contribution in [3.05, 3.63) is 29.3 Å². The maximum absolute atomic E-state index is 13.0. The van der Waals surface area contributed by atoms with E-state index in [-0.39, 0.29) is 12.5 Å². The minimum absolute atomic E-state index is 0.124. The van der Waals surface area contributed by atoms with Gasteiger partial charge in [0.2, 0.25) is 5.91 Å². The number of primary amides is 1. The third-order valence-electron chi connectivity index (χ3n) is 7.67. The van der Waals surface area contributed by atoms with Gasteiger partial charge in [-0.3, -0.25) is 15.0 Å². The highest BCUT2D eigenvalue weighted by atomic mass is 16.5. The highest BCUT2D eigenvalue weighted by Gasteiger charge is 2.59. The average molecular weight is 462 g/mol. The lowest BCUT2D eigenvalue weighted by atomic mass is 9.56. The van der Waals surface area contributed by atoms with Gasteiger partial charge in [0.1, 0.15) is 5.75 Å². The van der Waals surface area contributed by atoms with Gasteiger partial charge in [-0.2, -0.15) is 0 Å². The van der Waals surface area contributed by atoms with E-state index in [1.807, 2.05) is 19.9 Å². The number of piperidine rings is 1. The highest BCUT2D eigenvalue weighted by Crippen LogP contribution is 2.53. The van der Waals surface area contributed by atoms with E-state index in [2.05, 4.69) is 10.2 Å². The van der Waals surface area contributed by atoms with Gasteiger partial charge in [0.15, 0.2) is 0 Å². The molecule has 5 N–H and O–H groups in total. The number of nitrogens with zero attached hydrogens (tertiary/aromatic N) is 1. The average Bonchev–Trinajstić information content (AvgIpc) is 3.57. The van der Waals surface area contributed by atoms with E-state index in [1.54, 1.807) is 26.2 Å². The second-order valence-electron chi connectivity index (χ2n) is 9.84. The molecule has 1 aliphatic carbocycles. The van der Waals surface area contributed by atoms with Crippen LogP contribution in [0.4, 0.5) is 4.79 Å². The van der Waals surface area contributed by atoms with Crippen molar-refractivity contribution in [3.8, 4) is 5.75 Å². The van der Waals surface area contributed by atoms with E-state index in [1.165, 1.54) is 12.8 Å². The Labute approximate surface area is 196 Å². The van der Waals surface area contributed by atoms with Gasteiger partial charge in [0.25, 0.3) is 0 Å². The molecule has 0 radical (unpaired) electrons. The molecule has 1 aromatic rings. The monoisotopic (exact) mass is 461 g/mol. The zero-order valence-electron chi connectivity index (χ0n) is 20.3. The Balaban J connectivity index is 2.19. The number of carbonyl (C=O) groups is 2. The lowest BCUT2D eigenvalue weighted by Crippen LogP contribution is -2.69. The molecular weight excluding hydrogens is 422 g/mol. The van der Waals surface area contributed by atoms with Crippen molar-refractivity contribution < 1.29 is 24.5 Å². The van der Waals surface area contributed by atoms with Crippen molar-refractivity contribution in [2.24, 2.45) is 11.7 Å². The largest absolute Gasteiger partial charge is 0.497 e. The van der Waals surface area contributed by atoms with Crippen molar-refractivity contribution in [2.45, 2.75) is 82.5 Å². The molecule has 8 heteroatoms. The van der Waals surface area contributed by atoms with Crippen molar-refractivity contribution in [1.82, 2.24) is 10.2 Å². The van der Waals surface area contributed by atoms with Crippen LogP contribution in [0.5, 0.6) is 5.75 Å². The summed E-state index contributed by atoms with van der Waals surface area (Å²) >= 11 is 0. The Hall–Kier alpha value is -2.16. The number of imide groups is 1. The molecule has 33 heavy (non-hydrogen) atoms. The number of nitrogens with one attached hydrogen (secondary N) is 1. The summed E-state index contributed by atoms with van der Waals surface area (Å²) in [7, 11) is 1.56. The molecule has 1 saturated carbocycles. The number of methoxy groups -OCH3 is 1. The number of benzene rings is 1. The molecule has 1 saturated heterocycles. The molecule has 0 bridgehead atoms. The van der Waals surface area contributed by atoms with Crippen LogP contribution in [0.25, 0.3) is 0 Å². The predicted molar refractivity (Wildman–Crippen MR) is 126 cm³/mol. The van der Waals surface area contributed by atoms with Gasteiger partial charge in [0.05, 0.1) is 18.8 Å². The number of aliphatic hydroxyl groups is 2. The SMILES string of the molecule is CCCC1(O)C(C)N(CC2CC2)CCC1(CC(=O)NC(N)=O)c1cc(OC)ccc1C(C)O. The first kappa shape index (κ1) is 25.5. The fourth-order valence-electron chi connectivity index (χ4n) is 5.76. The van der Waals surface area contributed by atoms with Gasteiger partial charge in [-0.15, -0.1) is 0 Å². The maximum atomic E-state index is 13.0. The lowest BCUT2D eigenvalue weighted by Gasteiger charge is -2.58. The normalized spacial score (nSPS) is 28.8. The number of aliphatic hydroxyl groups excluding tert-OH is 1. The van der Waals surface area contributed by atoms with E-state index < -0.39 is 29.1 Å². The molecule has 184 valence electrons. The van der Waals surface area contributed by atoms with Gasteiger partial charge in [0, 0.05) is 24.4 Å². The number of amides is 3. The van der Waals surface area contributed by atoms with Gasteiger partial charge in [-0.1, -0.05) is 19.4 Å². The molecule has 1 aromatic carbocycles. The minimum Gasteiger partial charge on any atom is -0.497 e. The van der Waals surface area contributed by atoms with Crippen LogP contribution in [0, 0.1) is 5.92 Å². The summed E-state index contributed by atoms with van der Waals surface area (Å²) in [5.41, 5.74) is 4.25. The molecule has 3 amide bonds. The minimum atomic E-state index is -1.28. The Bertz CT molecular complexity index is 872. The standard InChI is InChI=1S/C25H39N3O5/c1-5-10-25(32)17(3)28(15-18-6-7-18)12-11-24(25,14-22(30)27-23(26)31)21-13-19(33-4)8-9-20(21)16(2)29/h8-9,13,16-18,29,32H,5-7,10-12,14-15H2,1-4H3,(H3,26,27,30,31). The fourth-order valence-corrected chi connectivity index (χ4v) is 5.76. The fraction of sp³-hybridized carbons (Fsp3) is 0.680. The summed E-state index contributed by atoms with van der Waals surface area (Å²) in [6.07, 6.45) is 3.17. The van der Waals surface area contributed by atoms with Crippen LogP contribution < -0.4 is 15.8 Å². The first-order valence-electron chi connectivity index (χ1n) is 12.0. The van der Waals surface area contributed by atoms with Crippen molar-refractivity contribution >= 4 is 11.9 Å². The smallest absolute Gasteiger partial charge is 0.318 e. The zero-order valence-corrected chi connectivity index (χ0v) is 20.3. The number of rotatable bonds is 9. The molecule has 2 aliphatic rings. The Morgan fingerprint density at radius 3 is 2.61 bits per heavy atom. The summed E-state index contributed by atoms with van der Waals surface area (Å²) in [6.45, 7) is 7.34. The molecule has 3 rings (SSSR count). The number of hydrogen-bond acceptors (Lipinski definition) is 6. The van der Waals surface area contributed by atoms with Crippen LogP contribution in [0.2, 0.25) is 0 Å². The number of ether oxygens (including phenoxy) is 1. The second-order valence-corrected chi connectivity index (χ2v) is 9.84. The quantitative estimate of drug-likeness (QED) is 0.448. The first-order valence-corrected chi connectivity index (χ1v) is 12.0. The summed E-state index contributed by atoms with van der Waals surface area (Å²) < 4.78 is 5.48. The van der Waals surface area contributed by atoms with Crippen LogP contribution in [0.15, 0.2) is 18.2 Å². The second kappa shape index (κ2) is 9.99. The van der Waals surface area contributed by atoms with Gasteiger partial charge in [-0.05, 0) is 75.3 Å². The van der Waals surface area contributed by atoms with E-state index in [0.29, 0.717) is 48.6 Å². The van der Waals surface area contributed by atoms with Crippen molar-refractivity contribution in [1.29, 1.82) is 0 Å². The van der Waals surface area contributed by atoms with Crippen molar-refractivity contribution in [3.63, 3.8) is 0 Å². The summed E-state index contributed by atoms with van der Waals surface area (Å²) in [6, 6.07) is 4.24. The third-order valence-corrected chi connectivity index (χ3v) is 7.67. The number of carbonyl (C=O) groups excluding carboxylic acids is 2. The molecule has 0 aromatic heterocycles. The number of nitrogens with two attached hydrogens (primary N) is 1. The molecule has 0 spiro atoms. The third kappa shape index (κ3) is 5.03. The van der Waals surface area contributed by atoms with Gasteiger partial charge in [-0.25, -0.2) is 4.79 Å². The Kier molecular flexibility index (Phi) is 7.71. The van der Waals surface area contributed by atoms with E-state index in [9.17, 15) is 19.8 Å². The molecular formula is C25H39N3O5. The van der Waals surface area contributed by atoms with Gasteiger partial charge >= 0.3 is 6.03 Å². The molecule has 4 unspecified atom stereocenters. The molecule has 4 atom stereocenters. The van der Waals surface area contributed by atoms with E-state index in [0.717, 1.165) is 6.54 Å². The number of likely N-dealkylation sites (tertiary alicyclic amines) is 1.